The van der Waals surface area contributed by atoms with Crippen LogP contribution in [0.25, 0.3) is 0 Å². The second kappa shape index (κ2) is 8.54. The first-order chi connectivity index (χ1) is 9.13. The van der Waals surface area contributed by atoms with Crippen molar-refractivity contribution in [1.29, 1.82) is 5.26 Å². The van der Waals surface area contributed by atoms with E-state index in [1.165, 1.54) is 0 Å². The van der Waals surface area contributed by atoms with Gasteiger partial charge in [0.05, 0.1) is 11.6 Å². The summed E-state index contributed by atoms with van der Waals surface area (Å²) in [6, 6.07) is 7.54. The maximum absolute atomic E-state index is 10.3. The van der Waals surface area contributed by atoms with Crippen LogP contribution in [0.3, 0.4) is 0 Å². The normalized spacial score (nSPS) is 9.89. The summed E-state index contributed by atoms with van der Waals surface area (Å²) in [4.78, 5) is 10.3. The van der Waals surface area contributed by atoms with E-state index in [2.05, 4.69) is 27.3 Å². The number of unbranched alkanes of at least 4 members (excludes halogenated alkanes) is 3. The summed E-state index contributed by atoms with van der Waals surface area (Å²) in [5.41, 5.74) is 1.61. The van der Waals surface area contributed by atoms with Gasteiger partial charge in [-0.05, 0) is 47.0 Å². The number of nitrogens with zero attached hydrogens (tertiary/aromatic N) is 1. The molecule has 0 spiro atoms. The Balaban J connectivity index is 2.19. The molecular formula is C14H17BrN2O2. The second-order valence-electron chi connectivity index (χ2n) is 4.29. The molecule has 0 amide bonds. The third-order valence-electron chi connectivity index (χ3n) is 2.73. The predicted octanol–water partition coefficient (Wildman–Crippen LogP) is 3.77. The number of nitrogens with one attached hydrogen (secondary N) is 1. The highest BCUT2D eigenvalue weighted by Crippen LogP contribution is 2.23. The number of aliphatic carboxylic acids is 1. The standard InChI is InChI=1S/C14H17BrN2O2/c15-12-9-11(10-16)6-7-13(12)17-8-4-2-1-3-5-14(18)19/h6-7,9,17H,1-5,8H2,(H,18,19). The molecule has 0 aliphatic heterocycles. The molecule has 0 aromatic heterocycles. The molecule has 0 unspecified atom stereocenters. The van der Waals surface area contributed by atoms with E-state index in [0.29, 0.717) is 5.56 Å². The number of benzene rings is 1. The number of carbonyl (C=O) groups is 1. The summed E-state index contributed by atoms with van der Waals surface area (Å²) in [5, 5.41) is 20.5. The molecule has 0 aliphatic rings. The molecule has 1 aromatic carbocycles. The van der Waals surface area contributed by atoms with Crippen LogP contribution < -0.4 is 5.32 Å². The third kappa shape index (κ3) is 6.25. The number of nitriles is 1. The molecule has 0 saturated carbocycles. The van der Waals surface area contributed by atoms with Crippen molar-refractivity contribution >= 4 is 27.6 Å². The average Bonchev–Trinajstić information content (AvgIpc) is 2.38. The lowest BCUT2D eigenvalue weighted by Crippen LogP contribution is -2.02. The van der Waals surface area contributed by atoms with E-state index in [0.717, 1.165) is 42.4 Å². The number of hydrogen-bond donors (Lipinski definition) is 2. The second-order valence-corrected chi connectivity index (χ2v) is 5.15. The predicted molar refractivity (Wildman–Crippen MR) is 78.1 cm³/mol. The fourth-order valence-electron chi connectivity index (χ4n) is 1.71. The maximum Gasteiger partial charge on any atom is 0.303 e. The van der Waals surface area contributed by atoms with E-state index >= 15 is 0 Å². The minimum absolute atomic E-state index is 0.259. The van der Waals surface area contributed by atoms with Crippen LogP contribution in [0.15, 0.2) is 22.7 Å². The number of carboxylic acid groups (broad SMARTS) is 1. The molecule has 0 fully saturated rings. The quantitative estimate of drug-likeness (QED) is 0.714. The molecule has 2 N–H and O–H groups in total. The van der Waals surface area contributed by atoms with Gasteiger partial charge in [-0.2, -0.15) is 5.26 Å². The van der Waals surface area contributed by atoms with Gasteiger partial charge in [0.1, 0.15) is 0 Å². The van der Waals surface area contributed by atoms with Gasteiger partial charge in [-0.25, -0.2) is 0 Å². The largest absolute Gasteiger partial charge is 0.481 e. The lowest BCUT2D eigenvalue weighted by Gasteiger charge is -2.08. The Morgan fingerprint density at radius 1 is 1.32 bits per heavy atom. The van der Waals surface area contributed by atoms with Crippen molar-refractivity contribution in [2.24, 2.45) is 0 Å². The lowest BCUT2D eigenvalue weighted by atomic mass is 10.1. The SMILES string of the molecule is N#Cc1ccc(NCCCCCCC(=O)O)c(Br)c1. The van der Waals surface area contributed by atoms with Gasteiger partial charge in [-0.1, -0.05) is 12.8 Å². The van der Waals surface area contributed by atoms with E-state index < -0.39 is 5.97 Å². The maximum atomic E-state index is 10.3. The van der Waals surface area contributed by atoms with Crippen molar-refractivity contribution in [1.82, 2.24) is 0 Å². The highest BCUT2D eigenvalue weighted by Gasteiger charge is 2.01. The first-order valence-corrected chi connectivity index (χ1v) is 7.08. The van der Waals surface area contributed by atoms with Gasteiger partial charge in [-0.15, -0.1) is 0 Å². The monoisotopic (exact) mass is 324 g/mol. The number of hydrogen-bond acceptors (Lipinski definition) is 3. The van der Waals surface area contributed by atoms with Crippen LogP contribution in [-0.2, 0) is 4.79 Å². The van der Waals surface area contributed by atoms with Gasteiger partial charge in [0, 0.05) is 23.1 Å². The topological polar surface area (TPSA) is 73.1 Å². The number of rotatable bonds is 8. The van der Waals surface area contributed by atoms with Crippen molar-refractivity contribution in [3.05, 3.63) is 28.2 Å². The minimum Gasteiger partial charge on any atom is -0.481 e. The highest BCUT2D eigenvalue weighted by molar-refractivity contribution is 9.10. The van der Waals surface area contributed by atoms with E-state index in [9.17, 15) is 4.79 Å². The summed E-state index contributed by atoms with van der Waals surface area (Å²) in [5.74, 6) is -0.723. The van der Waals surface area contributed by atoms with Crippen LogP contribution in [0.2, 0.25) is 0 Å². The summed E-state index contributed by atoms with van der Waals surface area (Å²) in [6.45, 7) is 0.845. The average molecular weight is 325 g/mol. The van der Waals surface area contributed by atoms with Gasteiger partial charge in [0.15, 0.2) is 0 Å². The van der Waals surface area contributed by atoms with E-state index in [4.69, 9.17) is 10.4 Å². The lowest BCUT2D eigenvalue weighted by molar-refractivity contribution is -0.137. The van der Waals surface area contributed by atoms with Gasteiger partial charge in [0.2, 0.25) is 0 Å². The van der Waals surface area contributed by atoms with Crippen LogP contribution in [0, 0.1) is 11.3 Å². The molecule has 0 atom stereocenters. The van der Waals surface area contributed by atoms with Crippen LogP contribution in [0.5, 0.6) is 0 Å². The Labute approximate surface area is 121 Å². The van der Waals surface area contributed by atoms with Crippen molar-refractivity contribution in [2.45, 2.75) is 32.1 Å². The first kappa shape index (κ1) is 15.5. The van der Waals surface area contributed by atoms with Crippen molar-refractivity contribution in [3.8, 4) is 6.07 Å². The fraction of sp³-hybridized carbons (Fsp3) is 0.429. The molecule has 19 heavy (non-hydrogen) atoms. The van der Waals surface area contributed by atoms with E-state index in [1.807, 2.05) is 6.07 Å². The molecule has 1 aromatic rings. The zero-order valence-corrected chi connectivity index (χ0v) is 12.2. The Hall–Kier alpha value is -1.54. The van der Waals surface area contributed by atoms with Gasteiger partial charge in [0.25, 0.3) is 0 Å². The summed E-state index contributed by atoms with van der Waals surface area (Å²) < 4.78 is 0.887. The molecule has 0 bridgehead atoms. The summed E-state index contributed by atoms with van der Waals surface area (Å²) in [7, 11) is 0. The first-order valence-electron chi connectivity index (χ1n) is 6.29. The molecule has 1 rings (SSSR count). The summed E-state index contributed by atoms with van der Waals surface area (Å²) >= 11 is 3.42. The molecule has 102 valence electrons. The third-order valence-corrected chi connectivity index (χ3v) is 3.39. The van der Waals surface area contributed by atoms with Crippen LogP contribution in [0.1, 0.15) is 37.7 Å². The Bertz CT molecular complexity index is 469. The Morgan fingerprint density at radius 2 is 2.05 bits per heavy atom. The molecule has 0 radical (unpaired) electrons. The zero-order valence-electron chi connectivity index (χ0n) is 10.7. The van der Waals surface area contributed by atoms with Gasteiger partial charge < -0.3 is 10.4 Å². The number of anilines is 1. The van der Waals surface area contributed by atoms with Crippen LogP contribution in [0.4, 0.5) is 5.69 Å². The molecular weight excluding hydrogens is 308 g/mol. The molecule has 0 aliphatic carbocycles. The summed E-state index contributed by atoms with van der Waals surface area (Å²) in [6.07, 6.45) is 3.98. The van der Waals surface area contributed by atoms with Gasteiger partial charge in [-0.3, -0.25) is 4.79 Å². The fourth-order valence-corrected chi connectivity index (χ4v) is 2.22. The Morgan fingerprint density at radius 3 is 2.68 bits per heavy atom. The molecule has 4 nitrogen and oxygen atoms in total. The smallest absolute Gasteiger partial charge is 0.303 e. The minimum atomic E-state index is -0.723. The van der Waals surface area contributed by atoms with Crippen molar-refractivity contribution in [2.75, 3.05) is 11.9 Å². The highest BCUT2D eigenvalue weighted by atomic mass is 79.9. The van der Waals surface area contributed by atoms with Crippen LogP contribution in [-0.4, -0.2) is 17.6 Å². The van der Waals surface area contributed by atoms with E-state index in [1.54, 1.807) is 12.1 Å². The van der Waals surface area contributed by atoms with Crippen molar-refractivity contribution < 1.29 is 9.90 Å². The van der Waals surface area contributed by atoms with Gasteiger partial charge >= 0.3 is 5.97 Å². The van der Waals surface area contributed by atoms with E-state index in [-0.39, 0.29) is 6.42 Å². The number of carboxylic acids is 1. The Kier molecular flexibility index (Phi) is 6.98. The van der Waals surface area contributed by atoms with Crippen LogP contribution >= 0.6 is 15.9 Å². The number of halogens is 1. The van der Waals surface area contributed by atoms with Crippen molar-refractivity contribution in [3.63, 3.8) is 0 Å². The zero-order chi connectivity index (χ0) is 14.1. The molecule has 5 heteroatoms. The molecule has 0 heterocycles. The molecule has 0 saturated heterocycles.